The van der Waals surface area contributed by atoms with Gasteiger partial charge in [0.25, 0.3) is 0 Å². The number of hydrogen-bond acceptors (Lipinski definition) is 2. The van der Waals surface area contributed by atoms with Gasteiger partial charge in [0.05, 0.1) is 0 Å². The Kier molecular flexibility index (Phi) is 6.59. The minimum Gasteiger partial charge on any atom is -0.299 e. The zero-order chi connectivity index (χ0) is 13.9. The van der Waals surface area contributed by atoms with Crippen molar-refractivity contribution in [3.8, 4) is 0 Å². The lowest BCUT2D eigenvalue weighted by atomic mass is 10.2. The molecule has 0 aliphatic rings. The van der Waals surface area contributed by atoms with E-state index in [0.29, 0.717) is 0 Å². The maximum Gasteiger partial charge on any atom is 0.150 e. The molecule has 0 heterocycles. The molecule has 2 nitrogen and oxygen atoms in total. The van der Waals surface area contributed by atoms with Crippen LogP contribution in [0.2, 0.25) is 0 Å². The lowest BCUT2D eigenvalue weighted by Crippen LogP contribution is -1.77. The second-order valence-electron chi connectivity index (χ2n) is 3.93. The summed E-state index contributed by atoms with van der Waals surface area (Å²) in [6, 6.07) is 17.2. The number of aldehydes is 2. The van der Waals surface area contributed by atoms with Gasteiger partial charge in [0, 0.05) is 5.56 Å². The summed E-state index contributed by atoms with van der Waals surface area (Å²) < 4.78 is 0. The predicted molar refractivity (Wildman–Crippen MR) is 78.1 cm³/mol. The van der Waals surface area contributed by atoms with E-state index in [2.05, 4.69) is 0 Å². The van der Waals surface area contributed by atoms with Crippen LogP contribution in [0.4, 0.5) is 0 Å². The van der Waals surface area contributed by atoms with Gasteiger partial charge in [0.15, 0.2) is 0 Å². The number of benzene rings is 2. The highest BCUT2D eigenvalue weighted by atomic mass is 16.1. The first-order chi connectivity index (χ1) is 9.26. The van der Waals surface area contributed by atoms with E-state index >= 15 is 0 Å². The van der Waals surface area contributed by atoms with Crippen LogP contribution in [0.1, 0.15) is 21.5 Å². The van der Waals surface area contributed by atoms with Gasteiger partial charge < -0.3 is 0 Å². The van der Waals surface area contributed by atoms with Gasteiger partial charge in [-0.1, -0.05) is 66.2 Å². The minimum atomic E-state index is 0.737. The maximum absolute atomic E-state index is 10.1. The van der Waals surface area contributed by atoms with E-state index in [-0.39, 0.29) is 0 Å². The summed E-state index contributed by atoms with van der Waals surface area (Å²) in [5, 5.41) is 0. The van der Waals surface area contributed by atoms with Crippen LogP contribution in [0.25, 0.3) is 6.08 Å². The third-order valence-corrected chi connectivity index (χ3v) is 2.38. The fraction of sp³-hybridized carbons (Fsp3) is 0.0588. The molecule has 2 aromatic carbocycles. The van der Waals surface area contributed by atoms with Crippen LogP contribution in [0.5, 0.6) is 0 Å². The summed E-state index contributed by atoms with van der Waals surface area (Å²) in [6.07, 6.45) is 4.87. The van der Waals surface area contributed by atoms with Crippen LogP contribution in [-0.4, -0.2) is 12.6 Å². The molecule has 2 aromatic rings. The number of hydrogen-bond donors (Lipinski definition) is 0. The molecule has 0 amide bonds. The molecule has 0 aromatic heterocycles. The van der Waals surface area contributed by atoms with E-state index in [9.17, 15) is 9.59 Å². The third kappa shape index (κ3) is 6.13. The molecule has 2 rings (SSSR count). The Hall–Kier alpha value is -2.48. The lowest BCUT2D eigenvalue weighted by Gasteiger charge is -1.89. The van der Waals surface area contributed by atoms with Gasteiger partial charge in [-0.2, -0.15) is 0 Å². The molecule has 0 unspecified atom stereocenters. The number of allylic oxidation sites excluding steroid dienone is 1. The van der Waals surface area contributed by atoms with Crippen molar-refractivity contribution >= 4 is 18.6 Å². The Labute approximate surface area is 113 Å². The summed E-state index contributed by atoms with van der Waals surface area (Å²) in [7, 11) is 0. The van der Waals surface area contributed by atoms with Crippen molar-refractivity contribution in [3.63, 3.8) is 0 Å². The molecule has 0 N–H and O–H groups in total. The number of carbonyl (C=O) groups is 2. The molecule has 0 aliphatic heterocycles. The molecule has 0 radical (unpaired) electrons. The predicted octanol–water partition coefficient (Wildman–Crippen LogP) is 3.71. The van der Waals surface area contributed by atoms with Crippen LogP contribution < -0.4 is 0 Å². The molecular formula is C17H16O2. The van der Waals surface area contributed by atoms with Gasteiger partial charge in [-0.25, -0.2) is 0 Å². The summed E-state index contributed by atoms with van der Waals surface area (Å²) in [5.41, 5.74) is 2.97. The summed E-state index contributed by atoms with van der Waals surface area (Å²) in [5.74, 6) is 0. The third-order valence-electron chi connectivity index (χ3n) is 2.38. The van der Waals surface area contributed by atoms with Gasteiger partial charge in [0.2, 0.25) is 0 Å². The quantitative estimate of drug-likeness (QED) is 0.616. The van der Waals surface area contributed by atoms with Crippen LogP contribution in [0, 0.1) is 6.92 Å². The number of aryl methyl sites for hydroxylation is 1. The van der Waals surface area contributed by atoms with E-state index in [4.69, 9.17) is 0 Å². The molecule has 0 spiro atoms. The standard InChI is InChI=1S/C9H8O.C8H8O/c10-8-4-7-9-5-2-1-3-6-9;1-7-2-4-8(6-9)5-3-7/h1-8H;2-6H,1H3. The summed E-state index contributed by atoms with van der Waals surface area (Å²) in [6.45, 7) is 1.99. The second-order valence-corrected chi connectivity index (χ2v) is 3.93. The van der Waals surface area contributed by atoms with Crippen molar-refractivity contribution in [2.24, 2.45) is 0 Å². The first-order valence-electron chi connectivity index (χ1n) is 5.95. The average molecular weight is 252 g/mol. The molecule has 0 saturated carbocycles. The fourth-order valence-corrected chi connectivity index (χ4v) is 1.36. The largest absolute Gasteiger partial charge is 0.299 e. The Balaban J connectivity index is 0.000000191. The van der Waals surface area contributed by atoms with E-state index in [1.807, 2.05) is 61.5 Å². The lowest BCUT2D eigenvalue weighted by molar-refractivity contribution is -0.104. The Morgan fingerprint density at radius 2 is 1.42 bits per heavy atom. The van der Waals surface area contributed by atoms with Gasteiger partial charge in [-0.05, 0) is 18.6 Å². The monoisotopic (exact) mass is 252 g/mol. The molecule has 0 atom stereocenters. The van der Waals surface area contributed by atoms with Crippen molar-refractivity contribution in [1.29, 1.82) is 0 Å². The molecule has 19 heavy (non-hydrogen) atoms. The molecule has 0 fully saturated rings. The van der Waals surface area contributed by atoms with Crippen LogP contribution in [-0.2, 0) is 4.79 Å². The molecule has 0 bridgehead atoms. The first-order valence-corrected chi connectivity index (χ1v) is 5.95. The topological polar surface area (TPSA) is 34.1 Å². The van der Waals surface area contributed by atoms with Gasteiger partial charge >= 0.3 is 0 Å². The highest BCUT2D eigenvalue weighted by Gasteiger charge is 1.85. The smallest absolute Gasteiger partial charge is 0.150 e. The SMILES string of the molecule is Cc1ccc(C=O)cc1.O=CC=Cc1ccccc1. The van der Waals surface area contributed by atoms with Crippen molar-refractivity contribution in [2.75, 3.05) is 0 Å². The maximum atomic E-state index is 10.1. The van der Waals surface area contributed by atoms with Crippen LogP contribution in [0.3, 0.4) is 0 Å². The zero-order valence-electron chi connectivity index (χ0n) is 10.8. The van der Waals surface area contributed by atoms with Crippen molar-refractivity contribution < 1.29 is 9.59 Å². The van der Waals surface area contributed by atoms with Crippen LogP contribution >= 0.6 is 0 Å². The zero-order valence-corrected chi connectivity index (χ0v) is 10.8. The normalized spacial score (nSPS) is 9.53. The Morgan fingerprint density at radius 3 is 1.95 bits per heavy atom. The second kappa shape index (κ2) is 8.59. The van der Waals surface area contributed by atoms with E-state index in [1.165, 1.54) is 11.6 Å². The minimum absolute atomic E-state index is 0.737. The van der Waals surface area contributed by atoms with Crippen molar-refractivity contribution in [3.05, 3.63) is 77.4 Å². The average Bonchev–Trinajstić information content (AvgIpc) is 2.48. The molecule has 2 heteroatoms. The van der Waals surface area contributed by atoms with E-state index in [0.717, 1.165) is 23.7 Å². The molecular weight excluding hydrogens is 236 g/mol. The fourth-order valence-electron chi connectivity index (χ4n) is 1.36. The van der Waals surface area contributed by atoms with Crippen molar-refractivity contribution in [2.45, 2.75) is 6.92 Å². The molecule has 96 valence electrons. The van der Waals surface area contributed by atoms with Crippen molar-refractivity contribution in [1.82, 2.24) is 0 Å². The number of carbonyl (C=O) groups excluding carboxylic acids is 2. The summed E-state index contributed by atoms with van der Waals surface area (Å²) >= 11 is 0. The van der Waals surface area contributed by atoms with E-state index < -0.39 is 0 Å². The van der Waals surface area contributed by atoms with Crippen LogP contribution in [0.15, 0.2) is 60.7 Å². The molecule has 0 aliphatic carbocycles. The first kappa shape index (κ1) is 14.6. The highest BCUT2D eigenvalue weighted by Crippen LogP contribution is 1.99. The van der Waals surface area contributed by atoms with Gasteiger partial charge in [-0.15, -0.1) is 0 Å². The van der Waals surface area contributed by atoms with E-state index in [1.54, 1.807) is 6.08 Å². The Bertz CT molecular complexity index is 525. The highest BCUT2D eigenvalue weighted by molar-refractivity contribution is 5.74. The van der Waals surface area contributed by atoms with Gasteiger partial charge in [-0.3, -0.25) is 9.59 Å². The van der Waals surface area contributed by atoms with Gasteiger partial charge in [0.1, 0.15) is 12.6 Å². The summed E-state index contributed by atoms with van der Waals surface area (Å²) in [4.78, 5) is 20.0. The molecule has 0 saturated heterocycles. The Morgan fingerprint density at radius 1 is 0.789 bits per heavy atom. The number of rotatable bonds is 3.